The lowest BCUT2D eigenvalue weighted by Gasteiger charge is -2.19. The third kappa shape index (κ3) is 3.57. The Kier molecular flexibility index (Phi) is 4.66. The second kappa shape index (κ2) is 6.00. The summed E-state index contributed by atoms with van der Waals surface area (Å²) >= 11 is 0. The zero-order valence-corrected chi connectivity index (χ0v) is 9.81. The lowest BCUT2D eigenvalue weighted by Crippen LogP contribution is -2.44. The van der Waals surface area contributed by atoms with E-state index in [2.05, 4.69) is 10.6 Å². The zero-order valence-electron chi connectivity index (χ0n) is 9.81. The lowest BCUT2D eigenvalue weighted by molar-refractivity contribution is -0.140. The highest BCUT2D eigenvalue weighted by Crippen LogP contribution is 2.13. The van der Waals surface area contributed by atoms with Crippen molar-refractivity contribution in [1.29, 1.82) is 0 Å². The quantitative estimate of drug-likeness (QED) is 0.697. The standard InChI is InChI=1S/C12H16N2O3/c1-8(11(15)13-2)14-10(12(16)17)9-6-4-3-5-7-9/h3-8,10,14H,1-2H3,(H,13,15)(H,16,17). The molecule has 2 atom stereocenters. The van der Waals surface area contributed by atoms with Crippen LogP contribution in [0, 0.1) is 0 Å². The van der Waals surface area contributed by atoms with Crippen LogP contribution in [0.3, 0.4) is 0 Å². The number of rotatable bonds is 5. The first-order valence-corrected chi connectivity index (χ1v) is 5.31. The molecule has 3 N–H and O–H groups in total. The molecule has 0 bridgehead atoms. The van der Waals surface area contributed by atoms with E-state index >= 15 is 0 Å². The lowest BCUT2D eigenvalue weighted by atomic mass is 10.1. The average Bonchev–Trinajstić information content (AvgIpc) is 2.35. The molecule has 5 heteroatoms. The number of hydrogen-bond donors (Lipinski definition) is 3. The normalized spacial score (nSPS) is 13.8. The molecule has 0 aliphatic heterocycles. The number of nitrogens with one attached hydrogen (secondary N) is 2. The number of benzene rings is 1. The van der Waals surface area contributed by atoms with E-state index in [0.29, 0.717) is 5.56 Å². The molecule has 2 unspecified atom stereocenters. The molecule has 0 radical (unpaired) electrons. The van der Waals surface area contributed by atoms with Crippen LogP contribution in [0.4, 0.5) is 0 Å². The van der Waals surface area contributed by atoms with Crippen molar-refractivity contribution in [3.05, 3.63) is 35.9 Å². The summed E-state index contributed by atoms with van der Waals surface area (Å²) in [5, 5.41) is 14.4. The minimum atomic E-state index is -1.01. The van der Waals surface area contributed by atoms with Crippen molar-refractivity contribution in [1.82, 2.24) is 10.6 Å². The van der Waals surface area contributed by atoms with Gasteiger partial charge in [0, 0.05) is 7.05 Å². The van der Waals surface area contributed by atoms with Gasteiger partial charge < -0.3 is 10.4 Å². The molecule has 0 aliphatic rings. The van der Waals surface area contributed by atoms with Gasteiger partial charge in [-0.05, 0) is 12.5 Å². The summed E-state index contributed by atoms with van der Waals surface area (Å²) in [4.78, 5) is 22.5. The van der Waals surface area contributed by atoms with Gasteiger partial charge in [0.25, 0.3) is 0 Å². The van der Waals surface area contributed by atoms with Crippen molar-refractivity contribution in [3.63, 3.8) is 0 Å². The molecule has 0 aliphatic carbocycles. The maximum absolute atomic E-state index is 11.3. The Morgan fingerprint density at radius 2 is 1.82 bits per heavy atom. The summed E-state index contributed by atoms with van der Waals surface area (Å²) in [6.45, 7) is 1.62. The Morgan fingerprint density at radius 1 is 1.24 bits per heavy atom. The summed E-state index contributed by atoms with van der Waals surface area (Å²) in [5.41, 5.74) is 0.621. The Hall–Kier alpha value is -1.88. The third-order valence-corrected chi connectivity index (χ3v) is 2.44. The van der Waals surface area contributed by atoms with Crippen LogP contribution in [0.2, 0.25) is 0 Å². The van der Waals surface area contributed by atoms with Gasteiger partial charge in [0.2, 0.25) is 5.91 Å². The summed E-state index contributed by atoms with van der Waals surface area (Å²) in [7, 11) is 1.51. The minimum Gasteiger partial charge on any atom is -0.480 e. The second-order valence-electron chi connectivity index (χ2n) is 3.68. The van der Waals surface area contributed by atoms with Crippen molar-refractivity contribution in [2.45, 2.75) is 19.0 Å². The second-order valence-corrected chi connectivity index (χ2v) is 3.68. The number of likely N-dealkylation sites (N-methyl/N-ethyl adjacent to an activating group) is 1. The Labute approximate surface area is 99.8 Å². The van der Waals surface area contributed by atoms with Gasteiger partial charge in [-0.3, -0.25) is 14.9 Å². The van der Waals surface area contributed by atoms with Crippen LogP contribution in [0.25, 0.3) is 0 Å². The molecule has 0 heterocycles. The SMILES string of the molecule is CNC(=O)C(C)NC(C(=O)O)c1ccccc1. The highest BCUT2D eigenvalue weighted by atomic mass is 16.4. The molecule has 0 saturated heterocycles. The topological polar surface area (TPSA) is 78.4 Å². The molecule has 1 aromatic rings. The monoisotopic (exact) mass is 236 g/mol. The van der Waals surface area contributed by atoms with E-state index in [0.717, 1.165) is 0 Å². The van der Waals surface area contributed by atoms with E-state index in [1.165, 1.54) is 7.05 Å². The summed E-state index contributed by atoms with van der Waals surface area (Å²) < 4.78 is 0. The zero-order chi connectivity index (χ0) is 12.8. The highest BCUT2D eigenvalue weighted by molar-refractivity contribution is 5.82. The fourth-order valence-corrected chi connectivity index (χ4v) is 1.50. The van der Waals surface area contributed by atoms with Gasteiger partial charge >= 0.3 is 5.97 Å². The first-order valence-electron chi connectivity index (χ1n) is 5.31. The van der Waals surface area contributed by atoms with Crippen LogP contribution >= 0.6 is 0 Å². The maximum atomic E-state index is 11.3. The number of carboxylic acid groups (broad SMARTS) is 1. The Balaban J connectivity index is 2.82. The van der Waals surface area contributed by atoms with Crippen LogP contribution in [0.5, 0.6) is 0 Å². The molecule has 1 amide bonds. The third-order valence-electron chi connectivity index (χ3n) is 2.44. The van der Waals surface area contributed by atoms with Crippen molar-refractivity contribution in [2.24, 2.45) is 0 Å². The Morgan fingerprint density at radius 3 is 2.29 bits per heavy atom. The molecule has 5 nitrogen and oxygen atoms in total. The largest absolute Gasteiger partial charge is 0.480 e. The van der Waals surface area contributed by atoms with E-state index in [-0.39, 0.29) is 5.91 Å². The number of amides is 1. The van der Waals surface area contributed by atoms with Crippen molar-refractivity contribution in [3.8, 4) is 0 Å². The molecule has 0 fully saturated rings. The number of carbonyl (C=O) groups excluding carboxylic acids is 1. The first kappa shape index (κ1) is 13.2. The fourth-order valence-electron chi connectivity index (χ4n) is 1.50. The van der Waals surface area contributed by atoms with Gasteiger partial charge in [-0.1, -0.05) is 30.3 Å². The molecule has 0 saturated carbocycles. The maximum Gasteiger partial charge on any atom is 0.325 e. The Bertz CT molecular complexity index is 392. The van der Waals surface area contributed by atoms with Gasteiger partial charge in [-0.2, -0.15) is 0 Å². The summed E-state index contributed by atoms with van der Waals surface area (Å²) in [6.07, 6.45) is 0. The van der Waals surface area contributed by atoms with E-state index in [9.17, 15) is 9.59 Å². The predicted molar refractivity (Wildman–Crippen MR) is 63.5 cm³/mol. The van der Waals surface area contributed by atoms with Crippen LogP contribution in [0.1, 0.15) is 18.5 Å². The first-order chi connectivity index (χ1) is 8.06. The van der Waals surface area contributed by atoms with Crippen LogP contribution < -0.4 is 10.6 Å². The number of aliphatic carboxylic acids is 1. The molecule has 0 aromatic heterocycles. The van der Waals surface area contributed by atoms with Gasteiger partial charge in [0.15, 0.2) is 0 Å². The number of carbonyl (C=O) groups is 2. The summed E-state index contributed by atoms with van der Waals surface area (Å²) in [6, 6.07) is 7.30. The van der Waals surface area contributed by atoms with Crippen molar-refractivity contribution in [2.75, 3.05) is 7.05 Å². The van der Waals surface area contributed by atoms with Crippen LogP contribution in [-0.2, 0) is 9.59 Å². The molecular formula is C12H16N2O3. The molecule has 1 aromatic carbocycles. The smallest absolute Gasteiger partial charge is 0.325 e. The van der Waals surface area contributed by atoms with Gasteiger partial charge in [-0.15, -0.1) is 0 Å². The number of carboxylic acids is 1. The van der Waals surface area contributed by atoms with Crippen molar-refractivity contribution < 1.29 is 14.7 Å². The molecule has 92 valence electrons. The number of hydrogen-bond acceptors (Lipinski definition) is 3. The predicted octanol–water partition coefficient (Wildman–Crippen LogP) is 0.536. The molecule has 1 rings (SSSR count). The minimum absolute atomic E-state index is 0.243. The van der Waals surface area contributed by atoms with E-state index in [4.69, 9.17) is 5.11 Å². The highest BCUT2D eigenvalue weighted by Gasteiger charge is 2.23. The van der Waals surface area contributed by atoms with E-state index in [1.54, 1.807) is 31.2 Å². The van der Waals surface area contributed by atoms with Crippen LogP contribution in [0.15, 0.2) is 30.3 Å². The van der Waals surface area contributed by atoms with Gasteiger partial charge in [-0.25, -0.2) is 0 Å². The fraction of sp³-hybridized carbons (Fsp3) is 0.333. The van der Waals surface area contributed by atoms with E-state index < -0.39 is 18.1 Å². The van der Waals surface area contributed by atoms with Gasteiger partial charge in [0.05, 0.1) is 6.04 Å². The average molecular weight is 236 g/mol. The molecule has 0 spiro atoms. The van der Waals surface area contributed by atoms with Gasteiger partial charge in [0.1, 0.15) is 6.04 Å². The summed E-state index contributed by atoms with van der Waals surface area (Å²) in [5.74, 6) is -1.25. The molecule has 17 heavy (non-hydrogen) atoms. The molecular weight excluding hydrogens is 220 g/mol. The van der Waals surface area contributed by atoms with E-state index in [1.807, 2.05) is 6.07 Å². The van der Waals surface area contributed by atoms with Crippen molar-refractivity contribution >= 4 is 11.9 Å². The van der Waals surface area contributed by atoms with Crippen LogP contribution in [-0.4, -0.2) is 30.1 Å².